The number of hydrogen-bond donors (Lipinski definition) is 0. The molecule has 0 aliphatic carbocycles. The summed E-state index contributed by atoms with van der Waals surface area (Å²) in [4.78, 5) is 2.06. The van der Waals surface area contributed by atoms with Gasteiger partial charge < -0.3 is 9.32 Å². The van der Waals surface area contributed by atoms with Crippen molar-refractivity contribution in [2.45, 2.75) is 6.92 Å². The molecule has 0 saturated heterocycles. The second kappa shape index (κ2) is 2.89. The number of furan rings is 1. The monoisotopic (exact) mass is 161 g/mol. The van der Waals surface area contributed by atoms with E-state index in [9.17, 15) is 0 Å². The van der Waals surface area contributed by atoms with E-state index in [-0.39, 0.29) is 0 Å². The van der Waals surface area contributed by atoms with Gasteiger partial charge in [0, 0.05) is 18.8 Å². The molecular weight excluding hydrogens is 150 g/mol. The zero-order valence-corrected chi connectivity index (χ0v) is 7.03. The predicted molar refractivity (Wildman–Crippen MR) is 49.0 cm³/mol. The summed E-state index contributed by atoms with van der Waals surface area (Å²) in [5.74, 6) is 0.898. The Morgan fingerprint density at radius 3 is 3.00 bits per heavy atom. The standard InChI is InChI=1S/C10H11NO/c1-9-4-6-11(7-5-9)10-3-2-8-12-10/h2-6,8H,7H2,1H3. The molecule has 2 heteroatoms. The van der Waals surface area contributed by atoms with Gasteiger partial charge in [-0.1, -0.05) is 11.6 Å². The van der Waals surface area contributed by atoms with Crippen molar-refractivity contribution in [3.05, 3.63) is 42.3 Å². The molecule has 0 unspecified atom stereocenters. The highest BCUT2D eigenvalue weighted by Gasteiger charge is 2.06. The summed E-state index contributed by atoms with van der Waals surface area (Å²) in [7, 11) is 0. The fraction of sp³-hybridized carbons (Fsp3) is 0.200. The normalized spacial score (nSPS) is 16.4. The van der Waals surface area contributed by atoms with Crippen LogP contribution in [0.4, 0.5) is 5.88 Å². The Bertz CT molecular complexity index is 309. The van der Waals surface area contributed by atoms with E-state index in [1.807, 2.05) is 18.3 Å². The summed E-state index contributed by atoms with van der Waals surface area (Å²) in [6, 6.07) is 3.85. The minimum Gasteiger partial charge on any atom is -0.448 e. The van der Waals surface area contributed by atoms with Crippen molar-refractivity contribution in [2.24, 2.45) is 0 Å². The van der Waals surface area contributed by atoms with Gasteiger partial charge in [-0.05, 0) is 19.1 Å². The minimum absolute atomic E-state index is 0.898. The first-order valence-electron chi connectivity index (χ1n) is 4.01. The van der Waals surface area contributed by atoms with Crippen LogP contribution in [-0.2, 0) is 0 Å². The van der Waals surface area contributed by atoms with E-state index < -0.39 is 0 Å². The maximum atomic E-state index is 5.25. The van der Waals surface area contributed by atoms with Crippen molar-refractivity contribution in [2.75, 3.05) is 11.4 Å². The SMILES string of the molecule is CC1=CCN(c2ccco2)C=C1. The van der Waals surface area contributed by atoms with Crippen LogP contribution in [0.15, 0.2) is 46.7 Å². The van der Waals surface area contributed by atoms with E-state index in [0.29, 0.717) is 0 Å². The molecule has 0 N–H and O–H groups in total. The Labute approximate surface area is 71.8 Å². The van der Waals surface area contributed by atoms with Crippen molar-refractivity contribution in [1.29, 1.82) is 0 Å². The molecule has 0 bridgehead atoms. The zero-order chi connectivity index (χ0) is 8.39. The van der Waals surface area contributed by atoms with Crippen LogP contribution in [0.5, 0.6) is 0 Å². The largest absolute Gasteiger partial charge is 0.448 e. The topological polar surface area (TPSA) is 16.4 Å². The summed E-state index contributed by atoms with van der Waals surface area (Å²) in [6.45, 7) is 2.99. The third kappa shape index (κ3) is 1.28. The summed E-state index contributed by atoms with van der Waals surface area (Å²) < 4.78 is 5.25. The molecule has 1 aromatic rings. The lowest BCUT2D eigenvalue weighted by Crippen LogP contribution is -2.17. The number of allylic oxidation sites excluding steroid dienone is 2. The molecule has 1 aromatic heterocycles. The van der Waals surface area contributed by atoms with Gasteiger partial charge in [-0.2, -0.15) is 0 Å². The van der Waals surface area contributed by atoms with E-state index in [2.05, 4.69) is 24.0 Å². The van der Waals surface area contributed by atoms with Crippen molar-refractivity contribution in [3.63, 3.8) is 0 Å². The number of rotatable bonds is 1. The molecule has 0 spiro atoms. The van der Waals surface area contributed by atoms with Gasteiger partial charge in [0.15, 0.2) is 5.88 Å². The van der Waals surface area contributed by atoms with Crippen LogP contribution < -0.4 is 4.90 Å². The van der Waals surface area contributed by atoms with Gasteiger partial charge in [0.2, 0.25) is 0 Å². The maximum absolute atomic E-state index is 5.25. The van der Waals surface area contributed by atoms with Crippen LogP contribution in [0.25, 0.3) is 0 Å². The van der Waals surface area contributed by atoms with Gasteiger partial charge in [-0.15, -0.1) is 0 Å². The van der Waals surface area contributed by atoms with E-state index in [4.69, 9.17) is 4.42 Å². The van der Waals surface area contributed by atoms with Crippen LogP contribution in [0.2, 0.25) is 0 Å². The highest BCUT2D eigenvalue weighted by molar-refractivity contribution is 5.43. The average molecular weight is 161 g/mol. The summed E-state index contributed by atoms with van der Waals surface area (Å²) in [5, 5.41) is 0. The van der Waals surface area contributed by atoms with Crippen molar-refractivity contribution >= 4 is 5.88 Å². The molecule has 2 nitrogen and oxygen atoms in total. The van der Waals surface area contributed by atoms with Crippen molar-refractivity contribution < 1.29 is 4.42 Å². The quantitative estimate of drug-likeness (QED) is 0.629. The summed E-state index contributed by atoms with van der Waals surface area (Å²) in [5.41, 5.74) is 1.30. The Hall–Kier alpha value is -1.44. The lowest BCUT2D eigenvalue weighted by Gasteiger charge is -2.18. The third-order valence-electron chi connectivity index (χ3n) is 1.92. The maximum Gasteiger partial charge on any atom is 0.199 e. The van der Waals surface area contributed by atoms with Crippen molar-refractivity contribution in [1.82, 2.24) is 0 Å². The van der Waals surface area contributed by atoms with E-state index in [0.717, 1.165) is 12.4 Å². The van der Waals surface area contributed by atoms with E-state index >= 15 is 0 Å². The van der Waals surface area contributed by atoms with Crippen LogP contribution in [0, 0.1) is 0 Å². The van der Waals surface area contributed by atoms with Crippen LogP contribution in [0.1, 0.15) is 6.92 Å². The molecule has 0 radical (unpaired) electrons. The molecule has 0 saturated carbocycles. The lowest BCUT2D eigenvalue weighted by atomic mass is 10.2. The Morgan fingerprint density at radius 2 is 2.42 bits per heavy atom. The number of nitrogens with zero attached hydrogens (tertiary/aromatic N) is 1. The summed E-state index contributed by atoms with van der Waals surface area (Å²) >= 11 is 0. The molecule has 62 valence electrons. The van der Waals surface area contributed by atoms with Crippen LogP contribution in [-0.4, -0.2) is 6.54 Å². The molecule has 12 heavy (non-hydrogen) atoms. The van der Waals surface area contributed by atoms with Gasteiger partial charge in [-0.3, -0.25) is 0 Å². The number of anilines is 1. The molecule has 2 rings (SSSR count). The highest BCUT2D eigenvalue weighted by atomic mass is 16.3. The van der Waals surface area contributed by atoms with Gasteiger partial charge in [-0.25, -0.2) is 0 Å². The van der Waals surface area contributed by atoms with E-state index in [1.54, 1.807) is 6.26 Å². The Morgan fingerprint density at radius 1 is 1.50 bits per heavy atom. The molecule has 1 aliphatic rings. The first-order chi connectivity index (χ1) is 5.86. The predicted octanol–water partition coefficient (Wildman–Crippen LogP) is 2.56. The van der Waals surface area contributed by atoms with Crippen molar-refractivity contribution in [3.8, 4) is 0 Å². The zero-order valence-electron chi connectivity index (χ0n) is 7.03. The average Bonchev–Trinajstić information content (AvgIpc) is 2.58. The summed E-state index contributed by atoms with van der Waals surface area (Å²) in [6.07, 6.45) is 7.97. The van der Waals surface area contributed by atoms with Gasteiger partial charge >= 0.3 is 0 Å². The molecular formula is C10H11NO. The van der Waals surface area contributed by atoms with Gasteiger partial charge in [0.1, 0.15) is 0 Å². The van der Waals surface area contributed by atoms with Crippen LogP contribution in [0.3, 0.4) is 0 Å². The van der Waals surface area contributed by atoms with E-state index in [1.165, 1.54) is 5.57 Å². The Kier molecular flexibility index (Phi) is 1.74. The molecule has 2 heterocycles. The smallest absolute Gasteiger partial charge is 0.199 e. The number of hydrogen-bond acceptors (Lipinski definition) is 2. The lowest BCUT2D eigenvalue weighted by molar-refractivity contribution is 0.564. The van der Waals surface area contributed by atoms with Crippen LogP contribution >= 0.6 is 0 Å². The minimum atomic E-state index is 0.898. The second-order valence-electron chi connectivity index (χ2n) is 2.87. The Balaban J connectivity index is 2.15. The fourth-order valence-corrected chi connectivity index (χ4v) is 1.18. The molecule has 0 amide bonds. The molecule has 1 aliphatic heterocycles. The first kappa shape index (κ1) is 7.22. The third-order valence-corrected chi connectivity index (χ3v) is 1.92. The first-order valence-corrected chi connectivity index (χ1v) is 4.01. The molecule has 0 atom stereocenters. The van der Waals surface area contributed by atoms with Gasteiger partial charge in [0.05, 0.1) is 6.26 Å². The highest BCUT2D eigenvalue weighted by Crippen LogP contribution is 2.17. The fourth-order valence-electron chi connectivity index (χ4n) is 1.18. The molecule has 0 aromatic carbocycles. The van der Waals surface area contributed by atoms with Gasteiger partial charge in [0.25, 0.3) is 0 Å². The second-order valence-corrected chi connectivity index (χ2v) is 2.87. The molecule has 0 fully saturated rings.